The van der Waals surface area contributed by atoms with Crippen LogP contribution in [0.2, 0.25) is 5.02 Å². The van der Waals surface area contributed by atoms with Crippen LogP contribution in [0.25, 0.3) is 0 Å². The van der Waals surface area contributed by atoms with Gasteiger partial charge in [-0.2, -0.15) is 0 Å². The number of carboxylic acids is 2. The highest BCUT2D eigenvalue weighted by Gasteiger charge is 1.99. The molecule has 0 aliphatic carbocycles. The van der Waals surface area contributed by atoms with Crippen LogP contribution in [0.15, 0.2) is 90.6 Å². The number of nitrogens with two attached hydrogens (primary N) is 3. The van der Waals surface area contributed by atoms with Gasteiger partial charge >= 0.3 is 11.9 Å². The van der Waals surface area contributed by atoms with Crippen molar-refractivity contribution in [2.24, 2.45) is 17.2 Å². The number of carbonyl (C=O) groups excluding carboxylic acids is 2. The van der Waals surface area contributed by atoms with Crippen molar-refractivity contribution in [2.45, 2.75) is 26.2 Å². The van der Waals surface area contributed by atoms with Crippen LogP contribution in [0.5, 0.6) is 0 Å². The van der Waals surface area contributed by atoms with Gasteiger partial charge in [-0.25, -0.2) is 9.59 Å². The molecular weight excluding hydrogens is 548 g/mol. The summed E-state index contributed by atoms with van der Waals surface area (Å²) in [6, 6.07) is 23.0. The Morgan fingerprint density at radius 2 is 1.46 bits per heavy atom. The van der Waals surface area contributed by atoms with E-state index >= 15 is 0 Å². The van der Waals surface area contributed by atoms with Crippen molar-refractivity contribution >= 4 is 41.4 Å². The molecule has 1 amide bonds. The Hall–Kier alpha value is -4.51. The van der Waals surface area contributed by atoms with Crippen molar-refractivity contribution in [3.8, 4) is 0 Å². The van der Waals surface area contributed by atoms with Crippen LogP contribution in [0.1, 0.15) is 46.0 Å². The maximum absolute atomic E-state index is 10.6. The van der Waals surface area contributed by atoms with Gasteiger partial charge in [0.2, 0.25) is 5.91 Å². The van der Waals surface area contributed by atoms with E-state index in [2.05, 4.69) is 17.4 Å². The molecule has 0 spiro atoms. The Bertz CT molecular complexity index is 1220. The molecular formula is C30H37ClN4O6. The van der Waals surface area contributed by atoms with Gasteiger partial charge in [-0.3, -0.25) is 9.59 Å². The van der Waals surface area contributed by atoms with E-state index in [-0.39, 0.29) is 17.2 Å². The minimum absolute atomic E-state index is 0.103. The highest BCUT2D eigenvalue weighted by molar-refractivity contribution is 6.30. The average molecular weight is 585 g/mol. The number of carbonyl (C=O) groups is 4. The number of nitrogens with one attached hydrogen (secondary N) is 1. The fraction of sp³-hybridized carbons (Fsp3) is 0.200. The second-order valence-corrected chi connectivity index (χ2v) is 8.59. The Morgan fingerprint density at radius 1 is 0.878 bits per heavy atom. The number of unbranched alkanes of at least 4 members (excludes halogenated alkanes) is 1. The molecule has 0 saturated carbocycles. The van der Waals surface area contributed by atoms with Gasteiger partial charge in [0.15, 0.2) is 0 Å². The highest BCUT2D eigenvalue weighted by Crippen LogP contribution is 2.09. The number of amides is 1. The van der Waals surface area contributed by atoms with Gasteiger partial charge in [-0.15, -0.1) is 0 Å². The first-order chi connectivity index (χ1) is 19.5. The summed E-state index contributed by atoms with van der Waals surface area (Å²) < 4.78 is 0. The molecule has 0 unspecified atom stereocenters. The number of aldehydes is 1. The molecule has 0 aromatic heterocycles. The summed E-state index contributed by atoms with van der Waals surface area (Å²) >= 11 is 5.52. The second-order valence-electron chi connectivity index (χ2n) is 8.15. The number of anilines is 1. The number of hydrogen-bond acceptors (Lipinski definition) is 7. The van der Waals surface area contributed by atoms with Crippen LogP contribution in [0.3, 0.4) is 0 Å². The first kappa shape index (κ1) is 36.5. The summed E-state index contributed by atoms with van der Waals surface area (Å²) in [6.45, 7) is 2.74. The molecule has 9 N–H and O–H groups in total. The van der Waals surface area contributed by atoms with E-state index in [0.29, 0.717) is 29.2 Å². The van der Waals surface area contributed by atoms with Crippen LogP contribution < -0.4 is 22.5 Å². The topological polar surface area (TPSA) is 199 Å². The molecule has 0 aliphatic heterocycles. The summed E-state index contributed by atoms with van der Waals surface area (Å²) in [4.78, 5) is 41.2. The maximum Gasteiger partial charge on any atom is 0.351 e. The number of aliphatic carboxylic acids is 1. The number of aromatic carboxylic acids is 1. The number of hydrogen-bond donors (Lipinski definition) is 6. The monoisotopic (exact) mass is 584 g/mol. The van der Waals surface area contributed by atoms with Crippen molar-refractivity contribution in [3.63, 3.8) is 0 Å². The Morgan fingerprint density at radius 3 is 1.90 bits per heavy atom. The molecule has 10 nitrogen and oxygen atoms in total. The summed E-state index contributed by atoms with van der Waals surface area (Å²) in [6.07, 6.45) is 4.62. The Kier molecular flexibility index (Phi) is 19.9. The first-order valence-electron chi connectivity index (χ1n) is 12.5. The van der Waals surface area contributed by atoms with E-state index in [9.17, 15) is 19.2 Å². The van der Waals surface area contributed by atoms with Crippen molar-refractivity contribution in [1.82, 2.24) is 0 Å². The SMILES string of the molecule is CC(=O)Nc1ccc(C=O)cc1.NCCCC=C(N)C(=O)O.NCCc1ccccc1.O=C(O)c1ccc(Cl)cc1. The number of allylic oxidation sites excluding steroid dienone is 1. The van der Waals surface area contributed by atoms with E-state index in [4.69, 9.17) is 39.0 Å². The lowest BCUT2D eigenvalue weighted by Gasteiger charge is -2.00. The van der Waals surface area contributed by atoms with Gasteiger partial charge in [0.1, 0.15) is 12.0 Å². The van der Waals surface area contributed by atoms with Crippen molar-refractivity contribution in [2.75, 3.05) is 18.4 Å². The minimum Gasteiger partial charge on any atom is -0.478 e. The molecule has 0 aliphatic rings. The predicted octanol–water partition coefficient (Wildman–Crippen LogP) is 4.34. The van der Waals surface area contributed by atoms with E-state index in [0.717, 1.165) is 25.7 Å². The molecule has 3 rings (SSSR count). The van der Waals surface area contributed by atoms with E-state index in [1.807, 2.05) is 18.2 Å². The van der Waals surface area contributed by atoms with Crippen LogP contribution >= 0.6 is 11.6 Å². The lowest BCUT2D eigenvalue weighted by molar-refractivity contribution is -0.132. The van der Waals surface area contributed by atoms with Crippen LogP contribution in [0, 0.1) is 0 Å². The molecule has 0 radical (unpaired) electrons. The summed E-state index contributed by atoms with van der Waals surface area (Å²) in [5.41, 5.74) is 18.4. The van der Waals surface area contributed by atoms with Gasteiger partial charge in [0.05, 0.1) is 5.56 Å². The molecule has 0 bridgehead atoms. The van der Waals surface area contributed by atoms with Gasteiger partial charge in [-0.05, 0) is 86.4 Å². The van der Waals surface area contributed by atoms with Gasteiger partial charge in [0, 0.05) is 23.2 Å². The predicted molar refractivity (Wildman–Crippen MR) is 162 cm³/mol. The zero-order valence-electron chi connectivity index (χ0n) is 22.8. The fourth-order valence-corrected chi connectivity index (χ4v) is 2.84. The van der Waals surface area contributed by atoms with Crippen molar-refractivity contribution < 1.29 is 29.4 Å². The zero-order valence-corrected chi connectivity index (χ0v) is 23.6. The maximum atomic E-state index is 10.6. The molecule has 41 heavy (non-hydrogen) atoms. The molecule has 11 heteroatoms. The fourth-order valence-electron chi connectivity index (χ4n) is 2.71. The number of halogens is 1. The normalized spacial score (nSPS) is 9.80. The highest BCUT2D eigenvalue weighted by atomic mass is 35.5. The van der Waals surface area contributed by atoms with Gasteiger partial charge in [-0.1, -0.05) is 48.0 Å². The summed E-state index contributed by atoms with van der Waals surface area (Å²) in [5, 5.41) is 19.8. The number of benzene rings is 3. The van der Waals surface area contributed by atoms with Crippen LogP contribution in [0.4, 0.5) is 5.69 Å². The molecule has 0 saturated heterocycles. The number of carboxylic acid groups (broad SMARTS) is 2. The average Bonchev–Trinajstić information content (AvgIpc) is 2.95. The third kappa shape index (κ3) is 19.2. The molecule has 3 aromatic carbocycles. The molecule has 3 aromatic rings. The van der Waals surface area contributed by atoms with Crippen LogP contribution in [-0.4, -0.2) is 47.4 Å². The van der Waals surface area contributed by atoms with Crippen LogP contribution in [-0.2, 0) is 16.0 Å². The van der Waals surface area contributed by atoms with E-state index in [1.54, 1.807) is 36.4 Å². The number of rotatable bonds is 9. The quantitative estimate of drug-likeness (QED) is 0.120. The Labute approximate surface area is 244 Å². The summed E-state index contributed by atoms with van der Waals surface area (Å²) in [7, 11) is 0. The van der Waals surface area contributed by atoms with Gasteiger partial charge < -0.3 is 32.7 Å². The largest absolute Gasteiger partial charge is 0.478 e. The third-order valence-electron chi connectivity index (χ3n) is 4.75. The third-order valence-corrected chi connectivity index (χ3v) is 5.01. The molecule has 0 atom stereocenters. The van der Waals surface area contributed by atoms with Crippen molar-refractivity contribution in [1.29, 1.82) is 0 Å². The Balaban J connectivity index is 0.000000523. The standard InChI is InChI=1S/C9H9NO2.C8H11N.C7H5ClO2.C6H12N2O2/c1-7(12)10-9-4-2-8(6-11)3-5-9;9-7-6-8-4-2-1-3-5-8;8-6-3-1-5(2-4-6)7(9)10;7-4-2-1-3-5(8)6(9)10/h2-6H,1H3,(H,10,12);1-5H,6-7,9H2;1-4H,(H,9,10);3H,1-2,4,7-8H2,(H,9,10). The zero-order chi connectivity index (χ0) is 31.0. The lowest BCUT2D eigenvalue weighted by Crippen LogP contribution is -2.09. The van der Waals surface area contributed by atoms with E-state index in [1.165, 1.54) is 30.7 Å². The van der Waals surface area contributed by atoms with E-state index < -0.39 is 11.9 Å². The van der Waals surface area contributed by atoms with Gasteiger partial charge in [0.25, 0.3) is 0 Å². The smallest absolute Gasteiger partial charge is 0.351 e. The second kappa shape index (κ2) is 22.3. The molecule has 0 fully saturated rings. The molecule has 220 valence electrons. The summed E-state index contributed by atoms with van der Waals surface area (Å²) in [5.74, 6) is -2.12. The first-order valence-corrected chi connectivity index (χ1v) is 12.9. The van der Waals surface area contributed by atoms with Crippen molar-refractivity contribution in [3.05, 3.63) is 112 Å². The minimum atomic E-state index is -1.07. The molecule has 0 heterocycles. The lowest BCUT2D eigenvalue weighted by atomic mass is 10.2.